The molecular formula is C15H20OS2. The van der Waals surface area contributed by atoms with Gasteiger partial charge in [-0.05, 0) is 60.7 Å². The van der Waals surface area contributed by atoms with E-state index in [1.807, 2.05) is 6.92 Å². The molecule has 0 atom stereocenters. The molecule has 0 N–H and O–H groups in total. The second-order valence-electron chi connectivity index (χ2n) is 4.28. The molecule has 0 saturated heterocycles. The van der Waals surface area contributed by atoms with Crippen molar-refractivity contribution in [2.45, 2.75) is 40.0 Å². The molecule has 18 heavy (non-hydrogen) atoms. The molecule has 0 fully saturated rings. The number of carbonyl (C=O) groups excluding carboxylic acids is 1. The molecule has 2 aromatic rings. The highest BCUT2D eigenvalue weighted by Crippen LogP contribution is 2.21. The smallest absolute Gasteiger partial charge is 0.160 e. The molecule has 0 aromatic carbocycles. The van der Waals surface area contributed by atoms with Crippen molar-refractivity contribution in [1.82, 2.24) is 0 Å². The highest BCUT2D eigenvalue weighted by atomic mass is 32.1. The Morgan fingerprint density at radius 2 is 2.11 bits per heavy atom. The molecule has 0 aliphatic carbocycles. The monoisotopic (exact) mass is 280 g/mol. The molecule has 0 unspecified atom stereocenters. The number of hydrogen-bond acceptors (Lipinski definition) is 3. The molecule has 3 heteroatoms. The molecule has 0 saturated carbocycles. The lowest BCUT2D eigenvalue weighted by atomic mass is 10.2. The van der Waals surface area contributed by atoms with Crippen LogP contribution in [0.25, 0.3) is 0 Å². The van der Waals surface area contributed by atoms with Crippen LogP contribution in [0.3, 0.4) is 0 Å². The summed E-state index contributed by atoms with van der Waals surface area (Å²) in [6, 6.07) is 4.23. The van der Waals surface area contributed by atoms with Crippen molar-refractivity contribution in [2.24, 2.45) is 0 Å². The predicted molar refractivity (Wildman–Crippen MR) is 82.1 cm³/mol. The molecule has 0 amide bonds. The first-order valence-corrected chi connectivity index (χ1v) is 7.96. The summed E-state index contributed by atoms with van der Waals surface area (Å²) in [7, 11) is 0. The van der Waals surface area contributed by atoms with Gasteiger partial charge in [0.25, 0.3) is 0 Å². The maximum Gasteiger partial charge on any atom is 0.160 e. The molecule has 0 radical (unpaired) electrons. The lowest BCUT2D eigenvalue weighted by molar-refractivity contribution is 0.112. The zero-order chi connectivity index (χ0) is 13.4. The van der Waals surface area contributed by atoms with Gasteiger partial charge >= 0.3 is 0 Å². The Kier molecular flexibility index (Phi) is 6.91. The van der Waals surface area contributed by atoms with Gasteiger partial charge in [-0.2, -0.15) is 11.3 Å². The Labute approximate surface area is 117 Å². The van der Waals surface area contributed by atoms with E-state index in [4.69, 9.17) is 0 Å². The van der Waals surface area contributed by atoms with Crippen molar-refractivity contribution in [2.75, 3.05) is 0 Å². The van der Waals surface area contributed by atoms with Crippen LogP contribution in [-0.4, -0.2) is 6.29 Å². The Hall–Kier alpha value is -0.930. The number of unbranched alkanes of at least 4 members (excludes halogenated alkanes) is 1. The highest BCUT2D eigenvalue weighted by molar-refractivity contribution is 7.13. The first-order chi connectivity index (χ1) is 8.67. The minimum absolute atomic E-state index is 0.890. The van der Waals surface area contributed by atoms with Gasteiger partial charge in [-0.3, -0.25) is 4.79 Å². The molecule has 1 nitrogen and oxygen atoms in total. The number of rotatable bonds is 4. The summed E-state index contributed by atoms with van der Waals surface area (Å²) in [5.74, 6) is 0. The molecule has 0 aliphatic rings. The van der Waals surface area contributed by atoms with Gasteiger partial charge in [0.1, 0.15) is 0 Å². The standard InChI is InChI=1S/C10H14OS.C5H6S/c1-3-4-5-9-6-8(2)10(7-11)12-9;1-5-2-3-6-4-5/h6-7H,3-5H2,1-2H3;2-4H,1H3. The van der Waals surface area contributed by atoms with E-state index in [0.717, 1.165) is 23.1 Å². The zero-order valence-electron chi connectivity index (χ0n) is 11.2. The number of hydrogen-bond donors (Lipinski definition) is 0. The van der Waals surface area contributed by atoms with E-state index in [2.05, 4.69) is 36.7 Å². The second-order valence-corrected chi connectivity index (χ2v) is 6.23. The van der Waals surface area contributed by atoms with Crippen molar-refractivity contribution in [1.29, 1.82) is 0 Å². The summed E-state index contributed by atoms with van der Waals surface area (Å²) in [5.41, 5.74) is 2.49. The van der Waals surface area contributed by atoms with Gasteiger partial charge in [-0.1, -0.05) is 13.3 Å². The largest absolute Gasteiger partial charge is 0.297 e. The average molecular weight is 280 g/mol. The maximum absolute atomic E-state index is 10.5. The van der Waals surface area contributed by atoms with Gasteiger partial charge < -0.3 is 0 Å². The van der Waals surface area contributed by atoms with Crippen LogP contribution in [0.4, 0.5) is 0 Å². The van der Waals surface area contributed by atoms with E-state index in [-0.39, 0.29) is 0 Å². The maximum atomic E-state index is 10.5. The highest BCUT2D eigenvalue weighted by Gasteiger charge is 2.03. The lowest BCUT2D eigenvalue weighted by Crippen LogP contribution is -1.76. The van der Waals surface area contributed by atoms with E-state index in [1.54, 1.807) is 22.7 Å². The number of carbonyl (C=O) groups is 1. The lowest BCUT2D eigenvalue weighted by Gasteiger charge is -1.91. The van der Waals surface area contributed by atoms with E-state index in [9.17, 15) is 4.79 Å². The first-order valence-electron chi connectivity index (χ1n) is 6.20. The van der Waals surface area contributed by atoms with Crippen LogP contribution in [0.5, 0.6) is 0 Å². The van der Waals surface area contributed by atoms with E-state index in [1.165, 1.54) is 23.3 Å². The van der Waals surface area contributed by atoms with Gasteiger partial charge in [0.15, 0.2) is 6.29 Å². The fraction of sp³-hybridized carbons (Fsp3) is 0.400. The third kappa shape index (κ3) is 5.15. The molecule has 2 heterocycles. The van der Waals surface area contributed by atoms with E-state index < -0.39 is 0 Å². The van der Waals surface area contributed by atoms with Gasteiger partial charge in [0.2, 0.25) is 0 Å². The SMILES string of the molecule is CCCCc1cc(C)c(C=O)s1.Cc1ccsc1. The van der Waals surface area contributed by atoms with Gasteiger partial charge in [-0.15, -0.1) is 11.3 Å². The quantitative estimate of drug-likeness (QED) is 0.697. The molecular weight excluding hydrogens is 260 g/mol. The van der Waals surface area contributed by atoms with Crippen LogP contribution in [0.2, 0.25) is 0 Å². The number of aryl methyl sites for hydroxylation is 3. The van der Waals surface area contributed by atoms with Crippen molar-refractivity contribution < 1.29 is 4.79 Å². The molecule has 0 spiro atoms. The topological polar surface area (TPSA) is 17.1 Å². The summed E-state index contributed by atoms with van der Waals surface area (Å²) < 4.78 is 0. The summed E-state index contributed by atoms with van der Waals surface area (Å²) in [5, 5.41) is 4.20. The van der Waals surface area contributed by atoms with Gasteiger partial charge in [-0.25, -0.2) is 0 Å². The van der Waals surface area contributed by atoms with Crippen LogP contribution in [0.1, 0.15) is 45.4 Å². The Morgan fingerprint density at radius 1 is 1.33 bits per heavy atom. The van der Waals surface area contributed by atoms with Crippen molar-refractivity contribution in [3.05, 3.63) is 43.8 Å². The fourth-order valence-electron chi connectivity index (χ4n) is 1.49. The molecule has 98 valence electrons. The van der Waals surface area contributed by atoms with E-state index in [0.29, 0.717) is 0 Å². The van der Waals surface area contributed by atoms with Crippen LogP contribution in [0.15, 0.2) is 22.9 Å². The fourth-order valence-corrected chi connectivity index (χ4v) is 3.19. The zero-order valence-corrected chi connectivity index (χ0v) is 12.9. The van der Waals surface area contributed by atoms with Crippen LogP contribution < -0.4 is 0 Å². The second kappa shape index (κ2) is 8.22. The molecule has 0 bridgehead atoms. The first kappa shape index (κ1) is 15.1. The van der Waals surface area contributed by atoms with Gasteiger partial charge in [0.05, 0.1) is 4.88 Å². The summed E-state index contributed by atoms with van der Waals surface area (Å²) in [6.07, 6.45) is 4.51. The van der Waals surface area contributed by atoms with Crippen molar-refractivity contribution >= 4 is 29.0 Å². The summed E-state index contributed by atoms with van der Waals surface area (Å²) in [4.78, 5) is 12.8. The number of thiophene rings is 2. The average Bonchev–Trinajstić information content (AvgIpc) is 2.96. The van der Waals surface area contributed by atoms with Crippen molar-refractivity contribution in [3.63, 3.8) is 0 Å². The van der Waals surface area contributed by atoms with Crippen molar-refractivity contribution in [3.8, 4) is 0 Å². The number of aldehydes is 1. The van der Waals surface area contributed by atoms with E-state index >= 15 is 0 Å². The van der Waals surface area contributed by atoms with Crippen LogP contribution in [-0.2, 0) is 6.42 Å². The Bertz CT molecular complexity index is 455. The Morgan fingerprint density at radius 3 is 2.50 bits per heavy atom. The normalized spacial score (nSPS) is 9.72. The minimum atomic E-state index is 0.890. The third-order valence-electron chi connectivity index (χ3n) is 2.55. The molecule has 0 aliphatic heterocycles. The Balaban J connectivity index is 0.000000225. The summed E-state index contributed by atoms with van der Waals surface area (Å²) in [6.45, 7) is 6.27. The molecule has 2 rings (SSSR count). The predicted octanol–water partition coefficient (Wildman–Crippen LogP) is 5.27. The van der Waals surface area contributed by atoms with Gasteiger partial charge in [0, 0.05) is 4.88 Å². The minimum Gasteiger partial charge on any atom is -0.297 e. The van der Waals surface area contributed by atoms with Crippen LogP contribution >= 0.6 is 22.7 Å². The summed E-state index contributed by atoms with van der Waals surface area (Å²) >= 11 is 3.37. The van der Waals surface area contributed by atoms with Crippen LogP contribution in [0, 0.1) is 13.8 Å². The third-order valence-corrected chi connectivity index (χ3v) is 4.58. The molecule has 2 aromatic heterocycles.